The van der Waals surface area contributed by atoms with Gasteiger partial charge in [0.05, 0.1) is 26.9 Å². The first-order chi connectivity index (χ1) is 15.1. The van der Waals surface area contributed by atoms with Gasteiger partial charge in [-0.3, -0.25) is 9.59 Å². The molecule has 31 heavy (non-hydrogen) atoms. The van der Waals surface area contributed by atoms with E-state index in [2.05, 4.69) is 5.32 Å². The van der Waals surface area contributed by atoms with Crippen molar-refractivity contribution < 1.29 is 23.5 Å². The summed E-state index contributed by atoms with van der Waals surface area (Å²) in [4.78, 5) is 27.2. The summed E-state index contributed by atoms with van der Waals surface area (Å²) in [7, 11) is 3.15. The number of furan rings is 1. The molecule has 1 aliphatic heterocycles. The van der Waals surface area contributed by atoms with Gasteiger partial charge in [0.15, 0.2) is 11.5 Å². The number of β-lactam (4-membered cyclic amide) rings is 1. The van der Waals surface area contributed by atoms with Crippen LogP contribution in [0.15, 0.2) is 71.3 Å². The number of hydrogen-bond donors (Lipinski definition) is 1. The first-order valence-electron chi connectivity index (χ1n) is 9.98. The molecule has 0 bridgehead atoms. The maximum absolute atomic E-state index is 13.0. The molecule has 2 unspecified atom stereocenters. The highest BCUT2D eigenvalue weighted by Crippen LogP contribution is 2.37. The second-order valence-corrected chi connectivity index (χ2v) is 7.32. The normalized spacial score (nSPS) is 17.7. The summed E-state index contributed by atoms with van der Waals surface area (Å²) >= 11 is 0. The Hall–Kier alpha value is -3.74. The average molecular weight is 420 g/mol. The lowest BCUT2D eigenvalue weighted by molar-refractivity contribution is -0.156. The highest BCUT2D eigenvalue weighted by Gasteiger charge is 2.50. The summed E-state index contributed by atoms with van der Waals surface area (Å²) in [6.45, 7) is 0.357. The fraction of sp³-hybridized carbons (Fsp3) is 0.250. The summed E-state index contributed by atoms with van der Waals surface area (Å²) < 4.78 is 16.2. The van der Waals surface area contributed by atoms with Crippen LogP contribution in [0.3, 0.4) is 0 Å². The summed E-state index contributed by atoms with van der Waals surface area (Å²) in [5.41, 5.74) is 1.78. The number of carbonyl (C=O) groups excluding carboxylic acids is 2. The van der Waals surface area contributed by atoms with Crippen molar-refractivity contribution in [2.45, 2.75) is 25.0 Å². The number of hydrogen-bond acceptors (Lipinski definition) is 5. The van der Waals surface area contributed by atoms with E-state index in [1.165, 1.54) is 0 Å². The zero-order chi connectivity index (χ0) is 21.8. The molecular weight excluding hydrogens is 396 g/mol. The average Bonchev–Trinajstić information content (AvgIpc) is 3.32. The van der Waals surface area contributed by atoms with Gasteiger partial charge in [0, 0.05) is 6.54 Å². The topological polar surface area (TPSA) is 81.0 Å². The number of amides is 2. The van der Waals surface area contributed by atoms with E-state index in [-0.39, 0.29) is 24.3 Å². The van der Waals surface area contributed by atoms with E-state index in [9.17, 15) is 9.59 Å². The van der Waals surface area contributed by atoms with E-state index in [1.807, 2.05) is 48.5 Å². The lowest BCUT2D eigenvalue weighted by Gasteiger charge is -2.46. The third-order valence-electron chi connectivity index (χ3n) is 5.36. The van der Waals surface area contributed by atoms with Crippen LogP contribution in [0, 0.1) is 0 Å². The van der Waals surface area contributed by atoms with Gasteiger partial charge in [-0.05, 0) is 35.4 Å². The minimum atomic E-state index is -0.664. The number of ether oxygens (including phenoxy) is 2. The van der Waals surface area contributed by atoms with Gasteiger partial charge in [-0.2, -0.15) is 0 Å². The highest BCUT2D eigenvalue weighted by atomic mass is 16.5. The summed E-state index contributed by atoms with van der Waals surface area (Å²) in [5, 5.41) is 2.87. The van der Waals surface area contributed by atoms with Gasteiger partial charge in [0.1, 0.15) is 17.8 Å². The van der Waals surface area contributed by atoms with Crippen LogP contribution in [0.5, 0.6) is 11.5 Å². The molecule has 7 heteroatoms. The molecule has 160 valence electrons. The van der Waals surface area contributed by atoms with Gasteiger partial charge in [-0.15, -0.1) is 0 Å². The predicted octanol–water partition coefficient (Wildman–Crippen LogP) is 3.11. The molecule has 1 aromatic heterocycles. The van der Waals surface area contributed by atoms with Crippen molar-refractivity contribution in [3.8, 4) is 11.5 Å². The molecule has 0 radical (unpaired) electrons. The number of nitrogens with zero attached hydrogens (tertiary/aromatic N) is 1. The second kappa shape index (κ2) is 8.95. The Morgan fingerprint density at radius 2 is 1.77 bits per heavy atom. The Kier molecular flexibility index (Phi) is 5.93. The Morgan fingerprint density at radius 1 is 1.00 bits per heavy atom. The quantitative estimate of drug-likeness (QED) is 0.567. The van der Waals surface area contributed by atoms with E-state index in [4.69, 9.17) is 13.9 Å². The van der Waals surface area contributed by atoms with Crippen molar-refractivity contribution in [2.24, 2.45) is 0 Å². The molecule has 7 nitrogen and oxygen atoms in total. The number of carbonyl (C=O) groups is 2. The van der Waals surface area contributed by atoms with Crippen molar-refractivity contribution >= 4 is 11.8 Å². The molecule has 2 atom stereocenters. The van der Waals surface area contributed by atoms with Crippen molar-refractivity contribution in [3.05, 3.63) is 83.8 Å². The van der Waals surface area contributed by atoms with Gasteiger partial charge >= 0.3 is 0 Å². The Morgan fingerprint density at radius 3 is 2.45 bits per heavy atom. The number of nitrogens with one attached hydrogen (secondary N) is 1. The fourth-order valence-electron chi connectivity index (χ4n) is 3.82. The summed E-state index contributed by atoms with van der Waals surface area (Å²) in [6.07, 6.45) is 1.78. The Labute approximate surface area is 180 Å². The molecular formula is C24H24N2O5. The van der Waals surface area contributed by atoms with E-state index >= 15 is 0 Å². The maximum atomic E-state index is 13.0. The van der Waals surface area contributed by atoms with Crippen LogP contribution in [0.1, 0.15) is 22.9 Å². The van der Waals surface area contributed by atoms with E-state index in [0.717, 1.165) is 11.1 Å². The largest absolute Gasteiger partial charge is 0.493 e. The number of rotatable bonds is 8. The third kappa shape index (κ3) is 4.26. The maximum Gasteiger partial charge on any atom is 0.248 e. The minimum Gasteiger partial charge on any atom is -0.493 e. The number of methoxy groups -OCH3 is 2. The molecule has 0 saturated carbocycles. The van der Waals surface area contributed by atoms with Gasteiger partial charge in [0.25, 0.3) is 0 Å². The molecule has 1 saturated heterocycles. The van der Waals surface area contributed by atoms with Gasteiger partial charge in [0.2, 0.25) is 11.8 Å². The van der Waals surface area contributed by atoms with Crippen LogP contribution in [-0.2, 0) is 22.6 Å². The highest BCUT2D eigenvalue weighted by molar-refractivity contribution is 5.94. The zero-order valence-corrected chi connectivity index (χ0v) is 17.4. The van der Waals surface area contributed by atoms with E-state index < -0.39 is 6.04 Å². The van der Waals surface area contributed by atoms with Crippen LogP contribution < -0.4 is 14.8 Å². The summed E-state index contributed by atoms with van der Waals surface area (Å²) in [6, 6.07) is 17.5. The van der Waals surface area contributed by atoms with Crippen molar-refractivity contribution in [1.82, 2.24) is 10.2 Å². The number of likely N-dealkylation sites (tertiary alicyclic amines) is 1. The smallest absolute Gasteiger partial charge is 0.248 e. The standard InChI is InChI=1S/C24H24N2O5/c1-29-18-11-10-17(13-20(18)30-2)15-26-23(19-9-6-12-31-19)22(24(26)28)25-21(27)14-16-7-4-3-5-8-16/h3-13,22-23H,14-15H2,1-2H3,(H,25,27). The summed E-state index contributed by atoms with van der Waals surface area (Å²) in [5.74, 6) is 1.49. The molecule has 0 aliphatic carbocycles. The lowest BCUT2D eigenvalue weighted by atomic mass is 9.91. The van der Waals surface area contributed by atoms with E-state index in [0.29, 0.717) is 23.8 Å². The van der Waals surface area contributed by atoms with Crippen LogP contribution >= 0.6 is 0 Å². The zero-order valence-electron chi connectivity index (χ0n) is 17.4. The first kappa shape index (κ1) is 20.5. The van der Waals surface area contributed by atoms with Crippen LogP contribution in [-0.4, -0.2) is 37.0 Å². The van der Waals surface area contributed by atoms with Crippen molar-refractivity contribution in [3.63, 3.8) is 0 Å². The number of benzene rings is 2. The van der Waals surface area contributed by atoms with Crippen LogP contribution in [0.4, 0.5) is 0 Å². The van der Waals surface area contributed by atoms with Crippen molar-refractivity contribution in [1.29, 1.82) is 0 Å². The molecule has 1 fully saturated rings. The lowest BCUT2D eigenvalue weighted by Crippen LogP contribution is -2.65. The minimum absolute atomic E-state index is 0.155. The molecule has 1 aliphatic rings. The third-order valence-corrected chi connectivity index (χ3v) is 5.36. The second-order valence-electron chi connectivity index (χ2n) is 7.32. The molecule has 1 N–H and O–H groups in total. The molecule has 2 heterocycles. The fourth-order valence-corrected chi connectivity index (χ4v) is 3.82. The molecule has 4 rings (SSSR count). The van der Waals surface area contributed by atoms with Crippen molar-refractivity contribution in [2.75, 3.05) is 14.2 Å². The predicted molar refractivity (Wildman–Crippen MR) is 114 cm³/mol. The molecule has 2 aromatic carbocycles. The molecule has 0 spiro atoms. The molecule has 2 amide bonds. The van der Waals surface area contributed by atoms with Crippen LogP contribution in [0.25, 0.3) is 0 Å². The Balaban J connectivity index is 1.50. The Bertz CT molecular complexity index is 1050. The monoisotopic (exact) mass is 420 g/mol. The SMILES string of the molecule is COc1ccc(CN2C(=O)C(NC(=O)Cc3ccccc3)C2c2ccco2)cc1OC. The van der Waals surface area contributed by atoms with Gasteiger partial charge in [-0.1, -0.05) is 36.4 Å². The van der Waals surface area contributed by atoms with E-state index in [1.54, 1.807) is 37.5 Å². The van der Waals surface area contributed by atoms with Gasteiger partial charge in [-0.25, -0.2) is 0 Å². The van der Waals surface area contributed by atoms with Gasteiger partial charge < -0.3 is 24.1 Å². The first-order valence-corrected chi connectivity index (χ1v) is 9.98. The molecule has 3 aromatic rings. The van der Waals surface area contributed by atoms with Crippen LogP contribution in [0.2, 0.25) is 0 Å².